The van der Waals surface area contributed by atoms with Gasteiger partial charge < -0.3 is 5.32 Å². The fraction of sp³-hybridized carbons (Fsp3) is 0.462. The van der Waals surface area contributed by atoms with E-state index in [1.165, 1.54) is 25.3 Å². The smallest absolute Gasteiger partial charge is 0.244 e. The van der Waals surface area contributed by atoms with Crippen LogP contribution in [0.4, 0.5) is 0 Å². The molecule has 114 valence electrons. The minimum absolute atomic E-state index is 0.214. The average molecular weight is 310 g/mol. The van der Waals surface area contributed by atoms with Gasteiger partial charge in [0.2, 0.25) is 15.9 Å². The molecule has 0 bridgehead atoms. The van der Waals surface area contributed by atoms with Gasteiger partial charge in [-0.2, -0.15) is 9.98 Å². The van der Waals surface area contributed by atoms with E-state index in [1.54, 1.807) is 26.8 Å². The quantitative estimate of drug-likeness (QED) is 0.842. The predicted molar refractivity (Wildman–Crippen MR) is 76.6 cm³/mol. The zero-order chi connectivity index (χ0) is 16.3. The van der Waals surface area contributed by atoms with Gasteiger partial charge >= 0.3 is 0 Å². The van der Waals surface area contributed by atoms with E-state index in [0.29, 0.717) is 0 Å². The number of amides is 1. The van der Waals surface area contributed by atoms with Crippen molar-refractivity contribution in [1.29, 1.82) is 5.26 Å². The Morgan fingerprint density at radius 3 is 2.57 bits per heavy atom. The highest BCUT2D eigenvalue weighted by Crippen LogP contribution is 2.12. The van der Waals surface area contributed by atoms with Crippen molar-refractivity contribution in [2.24, 2.45) is 0 Å². The molecule has 0 aliphatic carbocycles. The Kier molecular flexibility index (Phi) is 5.04. The molecule has 1 rings (SSSR count). The molecular formula is C13H18N4O3S. The number of carbonyl (C=O) groups is 1. The molecule has 1 heterocycles. The normalized spacial score (nSPS) is 13.3. The SMILES string of the molecule is CC(NS(=O)(=O)c1cccnc1C#N)C(=O)NC(C)(C)C. The van der Waals surface area contributed by atoms with Crippen LogP contribution in [0.5, 0.6) is 0 Å². The number of hydrogen-bond acceptors (Lipinski definition) is 5. The third-order valence-electron chi connectivity index (χ3n) is 2.39. The Hall–Kier alpha value is -1.98. The predicted octanol–water partition coefficient (Wildman–Crippen LogP) is 0.535. The number of nitrogens with one attached hydrogen (secondary N) is 2. The van der Waals surface area contributed by atoms with Crippen LogP contribution in [0.1, 0.15) is 33.4 Å². The number of hydrogen-bond donors (Lipinski definition) is 2. The van der Waals surface area contributed by atoms with Gasteiger partial charge in [-0.05, 0) is 39.8 Å². The standard InChI is InChI=1S/C13H18N4O3S/c1-9(12(18)16-13(2,3)4)17-21(19,20)11-6-5-7-15-10(11)8-14/h5-7,9,17H,1-4H3,(H,16,18). The van der Waals surface area contributed by atoms with Crippen LogP contribution in [0.25, 0.3) is 0 Å². The number of pyridine rings is 1. The number of aromatic nitrogens is 1. The highest BCUT2D eigenvalue weighted by molar-refractivity contribution is 7.89. The summed E-state index contributed by atoms with van der Waals surface area (Å²) in [6.45, 7) is 6.81. The van der Waals surface area contributed by atoms with Gasteiger partial charge in [-0.15, -0.1) is 0 Å². The van der Waals surface area contributed by atoms with Gasteiger partial charge in [0.05, 0.1) is 6.04 Å². The Labute approximate surface area is 124 Å². The van der Waals surface area contributed by atoms with E-state index in [-0.39, 0.29) is 10.6 Å². The molecule has 0 aliphatic heterocycles. The third-order valence-corrected chi connectivity index (χ3v) is 3.96. The zero-order valence-corrected chi connectivity index (χ0v) is 13.2. The van der Waals surface area contributed by atoms with Crippen LogP contribution in [0.2, 0.25) is 0 Å². The molecule has 0 saturated heterocycles. The first-order valence-electron chi connectivity index (χ1n) is 6.26. The molecule has 21 heavy (non-hydrogen) atoms. The molecule has 0 saturated carbocycles. The number of carbonyl (C=O) groups excluding carboxylic acids is 1. The van der Waals surface area contributed by atoms with Crippen molar-refractivity contribution < 1.29 is 13.2 Å². The lowest BCUT2D eigenvalue weighted by atomic mass is 10.1. The minimum atomic E-state index is -4.00. The molecule has 7 nitrogen and oxygen atoms in total. The first kappa shape index (κ1) is 17.1. The maximum absolute atomic E-state index is 12.2. The van der Waals surface area contributed by atoms with Gasteiger partial charge in [-0.25, -0.2) is 13.4 Å². The molecular weight excluding hydrogens is 292 g/mol. The molecule has 8 heteroatoms. The summed E-state index contributed by atoms with van der Waals surface area (Å²) in [5, 5.41) is 11.6. The third kappa shape index (κ3) is 4.81. The average Bonchev–Trinajstić information content (AvgIpc) is 2.36. The molecule has 1 aromatic heterocycles. The summed E-state index contributed by atoms with van der Waals surface area (Å²) < 4.78 is 26.7. The van der Waals surface area contributed by atoms with Crippen LogP contribution in [-0.4, -0.2) is 30.9 Å². The van der Waals surface area contributed by atoms with E-state index >= 15 is 0 Å². The summed E-state index contributed by atoms with van der Waals surface area (Å²) in [6, 6.07) is 3.42. The molecule has 0 fully saturated rings. The summed E-state index contributed by atoms with van der Waals surface area (Å²) in [4.78, 5) is 15.4. The maximum atomic E-state index is 12.2. The number of rotatable bonds is 4. The van der Waals surface area contributed by atoms with Crippen LogP contribution >= 0.6 is 0 Å². The van der Waals surface area contributed by atoms with E-state index in [9.17, 15) is 13.2 Å². The largest absolute Gasteiger partial charge is 0.350 e. The van der Waals surface area contributed by atoms with Crippen molar-refractivity contribution >= 4 is 15.9 Å². The second-order valence-electron chi connectivity index (χ2n) is 5.54. The van der Waals surface area contributed by atoms with Crippen molar-refractivity contribution in [1.82, 2.24) is 15.0 Å². The van der Waals surface area contributed by atoms with Gasteiger partial charge in [0.15, 0.2) is 5.69 Å². The lowest BCUT2D eigenvalue weighted by Gasteiger charge is -2.23. The van der Waals surface area contributed by atoms with Gasteiger partial charge in [0.25, 0.3) is 0 Å². The van der Waals surface area contributed by atoms with E-state index < -0.39 is 27.5 Å². The Balaban J connectivity index is 2.96. The molecule has 1 amide bonds. The van der Waals surface area contributed by atoms with Crippen molar-refractivity contribution in [3.05, 3.63) is 24.0 Å². The van der Waals surface area contributed by atoms with Crippen LogP contribution < -0.4 is 10.0 Å². The molecule has 0 spiro atoms. The van der Waals surface area contributed by atoms with Crippen molar-refractivity contribution in [3.63, 3.8) is 0 Å². The minimum Gasteiger partial charge on any atom is -0.350 e. The fourth-order valence-electron chi connectivity index (χ4n) is 1.52. The number of nitrogens with zero attached hydrogens (tertiary/aromatic N) is 2. The maximum Gasteiger partial charge on any atom is 0.244 e. The Morgan fingerprint density at radius 2 is 2.05 bits per heavy atom. The highest BCUT2D eigenvalue weighted by Gasteiger charge is 2.26. The summed E-state index contributed by atoms with van der Waals surface area (Å²) in [5.41, 5.74) is -0.684. The molecule has 1 unspecified atom stereocenters. The lowest BCUT2D eigenvalue weighted by Crippen LogP contribution is -2.50. The highest BCUT2D eigenvalue weighted by atomic mass is 32.2. The monoisotopic (exact) mass is 310 g/mol. The Bertz CT molecular complexity index is 671. The summed E-state index contributed by atoms with van der Waals surface area (Å²) in [5.74, 6) is -0.450. The van der Waals surface area contributed by atoms with Crippen molar-refractivity contribution in [2.75, 3.05) is 0 Å². The summed E-state index contributed by atoms with van der Waals surface area (Å²) >= 11 is 0. The zero-order valence-electron chi connectivity index (χ0n) is 12.3. The topological polar surface area (TPSA) is 112 Å². The second kappa shape index (κ2) is 6.20. The van der Waals surface area contributed by atoms with Crippen LogP contribution in [0.15, 0.2) is 23.2 Å². The van der Waals surface area contributed by atoms with Gasteiger partial charge in [-0.3, -0.25) is 4.79 Å². The lowest BCUT2D eigenvalue weighted by molar-refractivity contribution is -0.123. The molecule has 0 aliphatic rings. The number of sulfonamides is 1. The van der Waals surface area contributed by atoms with Crippen LogP contribution in [0, 0.1) is 11.3 Å². The van der Waals surface area contributed by atoms with Gasteiger partial charge in [0.1, 0.15) is 11.0 Å². The summed E-state index contributed by atoms with van der Waals surface area (Å²) in [6.07, 6.45) is 1.33. The van der Waals surface area contributed by atoms with E-state index in [0.717, 1.165) is 0 Å². The van der Waals surface area contributed by atoms with Gasteiger partial charge in [0, 0.05) is 11.7 Å². The van der Waals surface area contributed by atoms with Crippen molar-refractivity contribution in [2.45, 2.75) is 44.2 Å². The van der Waals surface area contributed by atoms with E-state index in [4.69, 9.17) is 5.26 Å². The summed E-state index contributed by atoms with van der Waals surface area (Å²) in [7, 11) is -4.00. The second-order valence-corrected chi connectivity index (χ2v) is 7.23. The molecule has 1 aromatic rings. The molecule has 1 atom stereocenters. The molecule has 0 radical (unpaired) electrons. The Morgan fingerprint density at radius 1 is 1.43 bits per heavy atom. The van der Waals surface area contributed by atoms with Crippen LogP contribution in [-0.2, 0) is 14.8 Å². The van der Waals surface area contributed by atoms with Crippen molar-refractivity contribution in [3.8, 4) is 6.07 Å². The first-order valence-corrected chi connectivity index (χ1v) is 7.74. The van der Waals surface area contributed by atoms with Crippen LogP contribution in [0.3, 0.4) is 0 Å². The van der Waals surface area contributed by atoms with E-state index in [1.807, 2.05) is 0 Å². The number of nitriles is 1. The van der Waals surface area contributed by atoms with E-state index in [2.05, 4.69) is 15.0 Å². The molecule has 0 aromatic carbocycles. The molecule has 2 N–H and O–H groups in total. The van der Waals surface area contributed by atoms with Gasteiger partial charge in [-0.1, -0.05) is 0 Å². The fourth-order valence-corrected chi connectivity index (χ4v) is 2.83. The first-order chi connectivity index (χ1) is 9.57.